The van der Waals surface area contributed by atoms with E-state index in [2.05, 4.69) is 10.4 Å². The maximum atomic E-state index is 12.8. The van der Waals surface area contributed by atoms with Crippen molar-refractivity contribution in [1.82, 2.24) is 20.0 Å². The van der Waals surface area contributed by atoms with Crippen molar-refractivity contribution < 1.29 is 9.72 Å². The first kappa shape index (κ1) is 19.3. The van der Waals surface area contributed by atoms with E-state index in [1.807, 2.05) is 4.90 Å². The van der Waals surface area contributed by atoms with Gasteiger partial charge in [-0.25, -0.2) is 4.68 Å². The average Bonchev–Trinajstić information content (AvgIpc) is 3.27. The molecular formula is C18H22ClN5O3. The molecular weight excluding hydrogens is 370 g/mol. The van der Waals surface area contributed by atoms with Crippen LogP contribution in [-0.4, -0.2) is 51.7 Å². The first-order chi connectivity index (χ1) is 12.6. The normalized spacial score (nSPS) is 21.9. The Hall–Kier alpha value is -2.45. The van der Waals surface area contributed by atoms with Gasteiger partial charge >= 0.3 is 0 Å². The molecule has 4 rings (SSSR count). The van der Waals surface area contributed by atoms with Gasteiger partial charge in [0.2, 0.25) is 0 Å². The third-order valence-corrected chi connectivity index (χ3v) is 5.44. The maximum absolute atomic E-state index is 12.8. The molecule has 8 nitrogen and oxygen atoms in total. The van der Waals surface area contributed by atoms with Crippen molar-refractivity contribution in [2.24, 2.45) is 11.8 Å². The number of carbonyl (C=O) groups is 1. The molecule has 0 unspecified atom stereocenters. The predicted molar refractivity (Wildman–Crippen MR) is 102 cm³/mol. The van der Waals surface area contributed by atoms with Gasteiger partial charge in [-0.2, -0.15) is 5.10 Å². The monoisotopic (exact) mass is 391 g/mol. The number of likely N-dealkylation sites (tertiary alicyclic amines) is 1. The van der Waals surface area contributed by atoms with Crippen molar-refractivity contribution in [3.8, 4) is 5.69 Å². The van der Waals surface area contributed by atoms with Gasteiger partial charge in [0.15, 0.2) is 5.69 Å². The number of nitro groups is 1. The number of carbonyl (C=O) groups excluding carboxylic acids is 1. The summed E-state index contributed by atoms with van der Waals surface area (Å²) in [5.41, 5.74) is 0.644. The number of benzene rings is 1. The second-order valence-corrected chi connectivity index (χ2v) is 6.94. The minimum absolute atomic E-state index is 0. The van der Waals surface area contributed by atoms with E-state index in [4.69, 9.17) is 0 Å². The summed E-state index contributed by atoms with van der Waals surface area (Å²) in [6.45, 7) is 3.55. The largest absolute Gasteiger partial charge is 0.337 e. The van der Waals surface area contributed by atoms with Crippen molar-refractivity contribution >= 4 is 24.0 Å². The van der Waals surface area contributed by atoms with Crippen LogP contribution in [0.1, 0.15) is 23.3 Å². The molecule has 1 amide bonds. The topological polar surface area (TPSA) is 93.3 Å². The fraction of sp³-hybridized carbons (Fsp3) is 0.444. The van der Waals surface area contributed by atoms with Crippen LogP contribution in [0.15, 0.2) is 36.5 Å². The van der Waals surface area contributed by atoms with E-state index >= 15 is 0 Å². The van der Waals surface area contributed by atoms with Gasteiger partial charge in [-0.15, -0.1) is 12.4 Å². The first-order valence-corrected chi connectivity index (χ1v) is 8.93. The fourth-order valence-corrected chi connectivity index (χ4v) is 3.97. The van der Waals surface area contributed by atoms with Gasteiger partial charge in [0.05, 0.1) is 4.92 Å². The summed E-state index contributed by atoms with van der Waals surface area (Å²) >= 11 is 0. The molecule has 2 aliphatic heterocycles. The zero-order valence-electron chi connectivity index (χ0n) is 14.8. The summed E-state index contributed by atoms with van der Waals surface area (Å²) in [4.78, 5) is 25.5. The Bertz CT molecular complexity index is 826. The number of rotatable bonds is 3. The Kier molecular flexibility index (Phi) is 5.76. The maximum Gasteiger partial charge on any atom is 0.294 e. The van der Waals surface area contributed by atoms with Crippen molar-refractivity contribution in [3.63, 3.8) is 0 Å². The number of amides is 1. The summed E-state index contributed by atoms with van der Waals surface area (Å²) in [5.74, 6) is 1.20. The van der Waals surface area contributed by atoms with Gasteiger partial charge in [-0.3, -0.25) is 14.9 Å². The lowest BCUT2D eigenvalue weighted by Crippen LogP contribution is -2.33. The molecule has 2 saturated heterocycles. The molecule has 9 heteroatoms. The molecule has 3 heterocycles. The second-order valence-electron chi connectivity index (χ2n) is 6.94. The Morgan fingerprint density at radius 3 is 2.48 bits per heavy atom. The van der Waals surface area contributed by atoms with Crippen molar-refractivity contribution in [3.05, 3.63) is 52.3 Å². The highest BCUT2D eigenvalue weighted by Gasteiger charge is 2.32. The summed E-state index contributed by atoms with van der Waals surface area (Å²) in [5, 5.41) is 18.9. The highest BCUT2D eigenvalue weighted by atomic mass is 35.5. The number of para-hydroxylation sites is 2. The van der Waals surface area contributed by atoms with Crippen LogP contribution in [0.3, 0.4) is 0 Å². The average molecular weight is 392 g/mol. The summed E-state index contributed by atoms with van der Waals surface area (Å²) in [7, 11) is 0. The molecule has 144 valence electrons. The van der Waals surface area contributed by atoms with Gasteiger partial charge in [0.25, 0.3) is 11.6 Å². The van der Waals surface area contributed by atoms with E-state index < -0.39 is 4.92 Å². The van der Waals surface area contributed by atoms with Crippen LogP contribution in [0.2, 0.25) is 0 Å². The van der Waals surface area contributed by atoms with Crippen molar-refractivity contribution in [2.45, 2.75) is 12.8 Å². The zero-order chi connectivity index (χ0) is 18.1. The number of nitrogens with one attached hydrogen (secondary N) is 1. The molecule has 1 aromatic carbocycles. The number of hydrogen-bond acceptors (Lipinski definition) is 5. The Balaban J connectivity index is 0.00000210. The van der Waals surface area contributed by atoms with Gasteiger partial charge < -0.3 is 10.2 Å². The van der Waals surface area contributed by atoms with E-state index in [0.717, 1.165) is 39.0 Å². The Labute approximate surface area is 163 Å². The third kappa shape index (κ3) is 3.81. The summed E-state index contributed by atoms with van der Waals surface area (Å²) in [6, 6.07) is 8.01. The molecule has 0 saturated carbocycles. The number of hydrogen-bond donors (Lipinski definition) is 1. The number of nitro benzene ring substituents is 1. The number of halogens is 1. The van der Waals surface area contributed by atoms with Crippen LogP contribution in [0, 0.1) is 22.0 Å². The highest BCUT2D eigenvalue weighted by molar-refractivity contribution is 5.92. The summed E-state index contributed by atoms with van der Waals surface area (Å²) < 4.78 is 1.40. The van der Waals surface area contributed by atoms with E-state index in [1.54, 1.807) is 30.5 Å². The van der Waals surface area contributed by atoms with Gasteiger partial charge in [0.1, 0.15) is 5.69 Å². The second kappa shape index (κ2) is 8.06. The quantitative estimate of drug-likeness (QED) is 0.640. The van der Waals surface area contributed by atoms with E-state index in [9.17, 15) is 14.9 Å². The van der Waals surface area contributed by atoms with E-state index in [-0.39, 0.29) is 24.0 Å². The summed E-state index contributed by atoms with van der Waals surface area (Å²) in [6.07, 6.45) is 3.62. The van der Waals surface area contributed by atoms with Crippen LogP contribution in [0.5, 0.6) is 0 Å². The van der Waals surface area contributed by atoms with Crippen molar-refractivity contribution in [2.75, 3.05) is 26.2 Å². The minimum Gasteiger partial charge on any atom is -0.337 e. The molecule has 2 fully saturated rings. The smallest absolute Gasteiger partial charge is 0.294 e. The molecule has 2 aromatic rings. The predicted octanol–water partition coefficient (Wildman–Crippen LogP) is 2.27. The van der Waals surface area contributed by atoms with E-state index in [1.165, 1.54) is 10.7 Å². The zero-order valence-corrected chi connectivity index (χ0v) is 15.6. The number of nitrogens with zero attached hydrogens (tertiary/aromatic N) is 4. The molecule has 0 radical (unpaired) electrons. The standard InChI is InChI=1S/C18H21N5O3.ClH/c24-18(21-8-5-13-11-19-12-14(13)6-9-21)15-7-10-22(20-15)16-3-1-2-4-17(16)23(25)26;/h1-4,7,10,13-14,19H,5-6,8-9,11-12H2;1H/t13-,14+;. The molecule has 0 aliphatic carbocycles. The van der Waals surface area contributed by atoms with Gasteiger partial charge in [-0.1, -0.05) is 12.1 Å². The fourth-order valence-electron chi connectivity index (χ4n) is 3.97. The van der Waals surface area contributed by atoms with Crippen LogP contribution >= 0.6 is 12.4 Å². The lowest BCUT2D eigenvalue weighted by molar-refractivity contribution is -0.384. The minimum atomic E-state index is -0.444. The van der Waals surface area contributed by atoms with Gasteiger partial charge in [0, 0.05) is 25.4 Å². The van der Waals surface area contributed by atoms with Crippen LogP contribution in [0.4, 0.5) is 5.69 Å². The third-order valence-electron chi connectivity index (χ3n) is 5.44. The molecule has 27 heavy (non-hydrogen) atoms. The lowest BCUT2D eigenvalue weighted by atomic mass is 9.92. The number of aromatic nitrogens is 2. The molecule has 0 bridgehead atoms. The molecule has 0 spiro atoms. The van der Waals surface area contributed by atoms with Crippen LogP contribution in [-0.2, 0) is 0 Å². The highest BCUT2D eigenvalue weighted by Crippen LogP contribution is 2.28. The first-order valence-electron chi connectivity index (χ1n) is 8.93. The van der Waals surface area contributed by atoms with Crippen LogP contribution < -0.4 is 5.32 Å². The number of fused-ring (bicyclic) bond motifs is 1. The lowest BCUT2D eigenvalue weighted by Gasteiger charge is -2.19. The van der Waals surface area contributed by atoms with Crippen molar-refractivity contribution in [1.29, 1.82) is 0 Å². The molecule has 2 aliphatic rings. The SMILES string of the molecule is Cl.O=C(c1ccn(-c2ccccc2[N+](=O)[O-])n1)N1CC[C@@H]2CNC[C@@H]2CC1. The van der Waals surface area contributed by atoms with E-state index in [0.29, 0.717) is 23.2 Å². The Morgan fingerprint density at radius 1 is 1.15 bits per heavy atom. The molecule has 2 atom stereocenters. The molecule has 1 N–H and O–H groups in total. The molecule has 1 aromatic heterocycles. The van der Waals surface area contributed by atoms with Crippen LogP contribution in [0.25, 0.3) is 5.69 Å². The Morgan fingerprint density at radius 2 is 1.81 bits per heavy atom. The van der Waals surface area contributed by atoms with Gasteiger partial charge in [-0.05, 0) is 49.9 Å².